The molecule has 86 valence electrons. The standard InChI is InChI=1S/C12H15IN2O/c1-7(2)5-11-12(16)15-10-6-8(13)3-4-9(10)14-11/h3-4,6-7,11,14H,5H2,1-2H3,(H,15,16). The minimum atomic E-state index is -0.104. The van der Waals surface area contributed by atoms with Gasteiger partial charge in [-0.1, -0.05) is 13.8 Å². The molecule has 0 spiro atoms. The van der Waals surface area contributed by atoms with Crippen molar-refractivity contribution in [3.8, 4) is 0 Å². The van der Waals surface area contributed by atoms with E-state index in [1.165, 1.54) is 0 Å². The molecule has 0 saturated carbocycles. The van der Waals surface area contributed by atoms with Gasteiger partial charge in [0.2, 0.25) is 5.91 Å². The molecule has 0 bridgehead atoms. The van der Waals surface area contributed by atoms with Crippen LogP contribution in [0.15, 0.2) is 18.2 Å². The third-order valence-electron chi connectivity index (χ3n) is 2.59. The lowest BCUT2D eigenvalue weighted by Gasteiger charge is -2.28. The van der Waals surface area contributed by atoms with Crippen molar-refractivity contribution in [1.29, 1.82) is 0 Å². The fraction of sp³-hybridized carbons (Fsp3) is 0.417. The highest BCUT2D eigenvalue weighted by molar-refractivity contribution is 14.1. The number of hydrogen-bond donors (Lipinski definition) is 2. The maximum Gasteiger partial charge on any atom is 0.246 e. The fourth-order valence-corrected chi connectivity index (χ4v) is 2.35. The van der Waals surface area contributed by atoms with E-state index in [1.54, 1.807) is 0 Å². The molecule has 1 aliphatic rings. The number of amides is 1. The molecule has 3 nitrogen and oxygen atoms in total. The summed E-state index contributed by atoms with van der Waals surface area (Å²) in [7, 11) is 0. The van der Waals surface area contributed by atoms with Gasteiger partial charge < -0.3 is 10.6 Å². The Morgan fingerprint density at radius 2 is 2.12 bits per heavy atom. The van der Waals surface area contributed by atoms with Gasteiger partial charge in [0.15, 0.2) is 0 Å². The molecule has 2 N–H and O–H groups in total. The van der Waals surface area contributed by atoms with Crippen molar-refractivity contribution in [1.82, 2.24) is 0 Å². The van der Waals surface area contributed by atoms with E-state index in [4.69, 9.17) is 0 Å². The zero-order valence-corrected chi connectivity index (χ0v) is 11.5. The summed E-state index contributed by atoms with van der Waals surface area (Å²) < 4.78 is 1.13. The zero-order chi connectivity index (χ0) is 11.7. The number of hydrogen-bond acceptors (Lipinski definition) is 2. The van der Waals surface area contributed by atoms with Gasteiger partial charge in [-0.15, -0.1) is 0 Å². The summed E-state index contributed by atoms with van der Waals surface area (Å²) in [6.07, 6.45) is 0.858. The number of carbonyl (C=O) groups is 1. The van der Waals surface area contributed by atoms with Crippen molar-refractivity contribution in [3.63, 3.8) is 0 Å². The van der Waals surface area contributed by atoms with Gasteiger partial charge >= 0.3 is 0 Å². The third-order valence-corrected chi connectivity index (χ3v) is 3.26. The molecule has 0 radical (unpaired) electrons. The first-order chi connectivity index (χ1) is 7.56. The van der Waals surface area contributed by atoms with Gasteiger partial charge in [-0.2, -0.15) is 0 Å². The largest absolute Gasteiger partial charge is 0.372 e. The summed E-state index contributed by atoms with van der Waals surface area (Å²) in [5, 5.41) is 6.24. The quantitative estimate of drug-likeness (QED) is 0.819. The molecule has 1 unspecified atom stereocenters. The van der Waals surface area contributed by atoms with Gasteiger partial charge in [-0.05, 0) is 53.1 Å². The van der Waals surface area contributed by atoms with Crippen LogP contribution in [0.4, 0.5) is 11.4 Å². The molecule has 0 fully saturated rings. The lowest BCUT2D eigenvalue weighted by molar-refractivity contribution is -0.117. The summed E-state index contributed by atoms with van der Waals surface area (Å²) in [4.78, 5) is 11.8. The molecule has 16 heavy (non-hydrogen) atoms. The van der Waals surface area contributed by atoms with Gasteiger partial charge in [-0.3, -0.25) is 4.79 Å². The SMILES string of the molecule is CC(C)CC1Nc2ccc(I)cc2NC1=O. The van der Waals surface area contributed by atoms with Crippen LogP contribution in [0.1, 0.15) is 20.3 Å². The molecule has 4 heteroatoms. The normalized spacial score (nSPS) is 19.0. The third kappa shape index (κ3) is 2.48. The molecule has 1 atom stereocenters. The number of halogens is 1. The molecule has 1 aliphatic heterocycles. The first-order valence-corrected chi connectivity index (χ1v) is 6.51. The van der Waals surface area contributed by atoms with Gasteiger partial charge in [-0.25, -0.2) is 0 Å². The van der Waals surface area contributed by atoms with Crippen LogP contribution < -0.4 is 10.6 Å². The number of fused-ring (bicyclic) bond motifs is 1. The van der Waals surface area contributed by atoms with Crippen LogP contribution in [0.3, 0.4) is 0 Å². The summed E-state index contributed by atoms with van der Waals surface area (Å²) in [5.41, 5.74) is 1.91. The average molecular weight is 330 g/mol. The highest BCUT2D eigenvalue weighted by atomic mass is 127. The van der Waals surface area contributed by atoms with Crippen molar-refractivity contribution in [2.45, 2.75) is 26.3 Å². The maximum atomic E-state index is 11.8. The maximum absolute atomic E-state index is 11.8. The highest BCUT2D eigenvalue weighted by Gasteiger charge is 2.25. The second-order valence-electron chi connectivity index (χ2n) is 4.51. The smallest absolute Gasteiger partial charge is 0.246 e. The average Bonchev–Trinajstić information content (AvgIpc) is 2.19. The van der Waals surface area contributed by atoms with E-state index in [2.05, 4.69) is 47.1 Å². The van der Waals surface area contributed by atoms with Gasteiger partial charge in [0.25, 0.3) is 0 Å². The van der Waals surface area contributed by atoms with Crippen molar-refractivity contribution in [3.05, 3.63) is 21.8 Å². The molecule has 1 amide bonds. The second-order valence-corrected chi connectivity index (χ2v) is 5.75. The highest BCUT2D eigenvalue weighted by Crippen LogP contribution is 2.29. The lowest BCUT2D eigenvalue weighted by Crippen LogP contribution is -2.39. The Morgan fingerprint density at radius 3 is 2.81 bits per heavy atom. The number of anilines is 2. The summed E-state index contributed by atoms with van der Waals surface area (Å²) in [5.74, 6) is 0.580. The van der Waals surface area contributed by atoms with E-state index in [1.807, 2.05) is 18.2 Å². The van der Waals surface area contributed by atoms with Crippen molar-refractivity contribution in [2.75, 3.05) is 10.6 Å². The van der Waals surface area contributed by atoms with E-state index >= 15 is 0 Å². The molecule has 0 saturated heterocycles. The van der Waals surface area contributed by atoms with Crippen LogP contribution in [0, 0.1) is 9.49 Å². The van der Waals surface area contributed by atoms with Crippen molar-refractivity contribution < 1.29 is 4.79 Å². The van der Waals surface area contributed by atoms with Crippen LogP contribution in [0.25, 0.3) is 0 Å². The molecular weight excluding hydrogens is 315 g/mol. The molecule has 1 aromatic carbocycles. The van der Waals surface area contributed by atoms with Crippen LogP contribution >= 0.6 is 22.6 Å². The molecule has 2 rings (SSSR count). The zero-order valence-electron chi connectivity index (χ0n) is 9.38. The lowest BCUT2D eigenvalue weighted by atomic mass is 10.0. The summed E-state index contributed by atoms with van der Waals surface area (Å²) >= 11 is 2.24. The Labute approximate surface area is 109 Å². The Bertz CT molecular complexity index is 417. The number of carbonyl (C=O) groups excluding carboxylic acids is 1. The molecule has 1 aromatic rings. The first kappa shape index (κ1) is 11.7. The Balaban J connectivity index is 2.22. The minimum absolute atomic E-state index is 0.0724. The van der Waals surface area contributed by atoms with E-state index in [0.29, 0.717) is 5.92 Å². The van der Waals surface area contributed by atoms with Gasteiger partial charge in [0, 0.05) is 3.57 Å². The number of benzene rings is 1. The van der Waals surface area contributed by atoms with E-state index in [9.17, 15) is 4.79 Å². The van der Waals surface area contributed by atoms with Crippen molar-refractivity contribution >= 4 is 39.9 Å². The number of nitrogens with one attached hydrogen (secondary N) is 2. The van der Waals surface area contributed by atoms with Crippen LogP contribution in [-0.2, 0) is 4.79 Å². The van der Waals surface area contributed by atoms with E-state index < -0.39 is 0 Å². The minimum Gasteiger partial charge on any atom is -0.372 e. The van der Waals surface area contributed by atoms with Crippen LogP contribution in [-0.4, -0.2) is 11.9 Å². The molecule has 0 aliphatic carbocycles. The fourth-order valence-electron chi connectivity index (χ4n) is 1.86. The Hall–Kier alpha value is -0.780. The monoisotopic (exact) mass is 330 g/mol. The summed E-state index contributed by atoms with van der Waals surface area (Å²) in [6.45, 7) is 4.25. The number of rotatable bonds is 2. The predicted molar refractivity (Wildman–Crippen MR) is 74.7 cm³/mol. The molecular formula is C12H15IN2O. The van der Waals surface area contributed by atoms with Crippen molar-refractivity contribution in [2.24, 2.45) is 5.92 Å². The molecule has 0 aromatic heterocycles. The first-order valence-electron chi connectivity index (χ1n) is 5.43. The van der Waals surface area contributed by atoms with E-state index in [0.717, 1.165) is 21.4 Å². The van der Waals surface area contributed by atoms with E-state index in [-0.39, 0.29) is 11.9 Å². The van der Waals surface area contributed by atoms with Crippen LogP contribution in [0.2, 0.25) is 0 Å². The molecule has 1 heterocycles. The Kier molecular flexibility index (Phi) is 3.37. The van der Waals surface area contributed by atoms with Gasteiger partial charge in [0.05, 0.1) is 11.4 Å². The summed E-state index contributed by atoms with van der Waals surface area (Å²) in [6, 6.07) is 5.93. The Morgan fingerprint density at radius 1 is 1.38 bits per heavy atom. The van der Waals surface area contributed by atoms with Crippen LogP contribution in [0.5, 0.6) is 0 Å². The topological polar surface area (TPSA) is 41.1 Å². The second kappa shape index (κ2) is 4.61. The predicted octanol–water partition coefficient (Wildman–Crippen LogP) is 3.07. The van der Waals surface area contributed by atoms with Gasteiger partial charge in [0.1, 0.15) is 6.04 Å².